The van der Waals surface area contributed by atoms with Gasteiger partial charge in [0.05, 0.1) is 31.2 Å². The van der Waals surface area contributed by atoms with E-state index in [0.29, 0.717) is 23.6 Å². The summed E-state index contributed by atoms with van der Waals surface area (Å²) in [5.74, 6) is 1.21. The van der Waals surface area contributed by atoms with E-state index in [1.165, 1.54) is 0 Å². The van der Waals surface area contributed by atoms with E-state index in [1.807, 2.05) is 80.6 Å². The third kappa shape index (κ3) is 4.53. The molecule has 6 nitrogen and oxygen atoms in total. The third-order valence-electron chi connectivity index (χ3n) is 6.04. The van der Waals surface area contributed by atoms with Crippen molar-refractivity contribution >= 4 is 39.0 Å². The zero-order chi connectivity index (χ0) is 25.1. The highest BCUT2D eigenvalue weighted by Crippen LogP contribution is 2.38. The van der Waals surface area contributed by atoms with Gasteiger partial charge in [-0.05, 0) is 55.3 Å². The van der Waals surface area contributed by atoms with Gasteiger partial charge in [0.1, 0.15) is 17.1 Å². The number of allylic oxidation sites excluding steroid dienone is 1. The number of pyridine rings is 1. The number of anilines is 1. The standard InChI is InChI=1S/C30H26N2O4/c1-4-35-27-17-28-24(25(18-36-28)20-10-12-22(34-3)13-11-20)16-23(27)19(2)15-29(33)32-26-9-5-7-21-8-6-14-31-30(21)26/h5-18H,4H2,1-3H3,(H,32,33)/b19-15+. The summed E-state index contributed by atoms with van der Waals surface area (Å²) in [5.41, 5.74) is 5.69. The first-order valence-corrected chi connectivity index (χ1v) is 11.7. The SMILES string of the molecule is CCOc1cc2occ(-c3ccc(OC)cc3)c2cc1/C(C)=C/C(=O)Nc1cccc2cccnc12. The number of carbonyl (C=O) groups excluding carboxylic acids is 1. The highest BCUT2D eigenvalue weighted by atomic mass is 16.5. The number of ether oxygens (including phenoxy) is 2. The van der Waals surface area contributed by atoms with E-state index in [4.69, 9.17) is 13.9 Å². The normalized spacial score (nSPS) is 11.6. The molecule has 1 amide bonds. The lowest BCUT2D eigenvalue weighted by atomic mass is 9.99. The van der Waals surface area contributed by atoms with Crippen molar-refractivity contribution in [3.05, 3.63) is 90.8 Å². The predicted octanol–water partition coefficient (Wildman–Crippen LogP) is 7.10. The van der Waals surface area contributed by atoms with Gasteiger partial charge in [-0.25, -0.2) is 0 Å². The molecular formula is C30H26N2O4. The van der Waals surface area contributed by atoms with Crippen LogP contribution in [0.15, 0.2) is 89.7 Å². The van der Waals surface area contributed by atoms with Gasteiger partial charge in [0.2, 0.25) is 5.91 Å². The number of hydrogen-bond donors (Lipinski definition) is 1. The Kier molecular flexibility index (Phi) is 6.41. The number of benzene rings is 3. The fourth-order valence-corrected chi connectivity index (χ4v) is 4.28. The molecule has 2 aromatic heterocycles. The number of rotatable bonds is 7. The molecule has 0 saturated heterocycles. The Balaban J connectivity index is 1.51. The number of fused-ring (bicyclic) bond motifs is 2. The number of hydrogen-bond acceptors (Lipinski definition) is 5. The van der Waals surface area contributed by atoms with Crippen LogP contribution in [0.4, 0.5) is 5.69 Å². The van der Waals surface area contributed by atoms with Gasteiger partial charge in [-0.1, -0.05) is 30.3 Å². The molecule has 5 aromatic rings. The molecular weight excluding hydrogens is 452 g/mol. The summed E-state index contributed by atoms with van der Waals surface area (Å²) in [7, 11) is 1.64. The molecule has 0 fully saturated rings. The van der Waals surface area contributed by atoms with E-state index in [9.17, 15) is 4.79 Å². The number of nitrogens with one attached hydrogen (secondary N) is 1. The van der Waals surface area contributed by atoms with Crippen molar-refractivity contribution in [1.82, 2.24) is 4.98 Å². The number of amides is 1. The Labute approximate surface area is 209 Å². The van der Waals surface area contributed by atoms with Crippen LogP contribution in [0.5, 0.6) is 11.5 Å². The molecule has 0 aliphatic rings. The second-order valence-electron chi connectivity index (χ2n) is 8.35. The quantitative estimate of drug-likeness (QED) is 0.253. The number of carbonyl (C=O) groups is 1. The van der Waals surface area contributed by atoms with E-state index < -0.39 is 0 Å². The van der Waals surface area contributed by atoms with Crippen LogP contribution in [-0.2, 0) is 4.79 Å². The van der Waals surface area contributed by atoms with Crippen molar-refractivity contribution in [3.8, 4) is 22.6 Å². The van der Waals surface area contributed by atoms with Gasteiger partial charge >= 0.3 is 0 Å². The lowest BCUT2D eigenvalue weighted by Gasteiger charge is -2.12. The fraction of sp³-hybridized carbons (Fsp3) is 0.133. The van der Waals surface area contributed by atoms with E-state index in [1.54, 1.807) is 25.6 Å². The summed E-state index contributed by atoms with van der Waals surface area (Å²) in [5, 5.41) is 4.87. The van der Waals surface area contributed by atoms with E-state index >= 15 is 0 Å². The maximum Gasteiger partial charge on any atom is 0.248 e. The summed E-state index contributed by atoms with van der Waals surface area (Å²) in [6, 6.07) is 21.3. The molecule has 6 heteroatoms. The molecule has 36 heavy (non-hydrogen) atoms. The molecule has 2 heterocycles. The van der Waals surface area contributed by atoms with Crippen molar-refractivity contribution in [2.45, 2.75) is 13.8 Å². The van der Waals surface area contributed by atoms with E-state index in [2.05, 4.69) is 10.3 Å². The Morgan fingerprint density at radius 3 is 2.67 bits per heavy atom. The summed E-state index contributed by atoms with van der Waals surface area (Å²) >= 11 is 0. The van der Waals surface area contributed by atoms with Crippen LogP contribution in [0.25, 0.3) is 38.6 Å². The van der Waals surface area contributed by atoms with Crippen molar-refractivity contribution in [3.63, 3.8) is 0 Å². The molecule has 3 aromatic carbocycles. The monoisotopic (exact) mass is 478 g/mol. The molecule has 0 spiro atoms. The topological polar surface area (TPSA) is 73.6 Å². The molecule has 0 aliphatic heterocycles. The van der Waals surface area contributed by atoms with E-state index in [0.717, 1.165) is 44.3 Å². The fourth-order valence-electron chi connectivity index (χ4n) is 4.28. The average molecular weight is 479 g/mol. The highest BCUT2D eigenvalue weighted by Gasteiger charge is 2.16. The lowest BCUT2D eigenvalue weighted by molar-refractivity contribution is -0.111. The second kappa shape index (κ2) is 9.96. The van der Waals surface area contributed by atoms with Crippen LogP contribution in [0, 0.1) is 0 Å². The zero-order valence-electron chi connectivity index (χ0n) is 20.4. The molecule has 0 radical (unpaired) electrons. The molecule has 180 valence electrons. The van der Waals surface area contributed by atoms with Gasteiger partial charge in [-0.15, -0.1) is 0 Å². The summed E-state index contributed by atoms with van der Waals surface area (Å²) in [6.45, 7) is 4.32. The summed E-state index contributed by atoms with van der Waals surface area (Å²) < 4.78 is 17.1. The molecule has 1 N–H and O–H groups in total. The van der Waals surface area contributed by atoms with Crippen molar-refractivity contribution < 1.29 is 18.7 Å². The molecule has 0 unspecified atom stereocenters. The van der Waals surface area contributed by atoms with Crippen LogP contribution in [-0.4, -0.2) is 24.6 Å². The van der Waals surface area contributed by atoms with Crippen molar-refractivity contribution in [2.24, 2.45) is 0 Å². The Morgan fingerprint density at radius 2 is 1.89 bits per heavy atom. The van der Waals surface area contributed by atoms with Gasteiger partial charge in [-0.2, -0.15) is 0 Å². The summed E-state index contributed by atoms with van der Waals surface area (Å²) in [4.78, 5) is 17.4. The smallest absolute Gasteiger partial charge is 0.248 e. The molecule has 0 aliphatic carbocycles. The maximum atomic E-state index is 13.0. The van der Waals surface area contributed by atoms with Crippen LogP contribution >= 0.6 is 0 Å². The Hall–Kier alpha value is -4.58. The predicted molar refractivity (Wildman–Crippen MR) is 143 cm³/mol. The van der Waals surface area contributed by atoms with Crippen LogP contribution in [0.1, 0.15) is 19.4 Å². The van der Waals surface area contributed by atoms with Crippen LogP contribution in [0.2, 0.25) is 0 Å². The molecule has 5 rings (SSSR count). The second-order valence-corrected chi connectivity index (χ2v) is 8.35. The Morgan fingerprint density at radius 1 is 1.08 bits per heavy atom. The van der Waals surface area contributed by atoms with Gasteiger partial charge in [0.15, 0.2) is 0 Å². The number of aromatic nitrogens is 1. The van der Waals surface area contributed by atoms with Gasteiger partial charge in [0.25, 0.3) is 0 Å². The first kappa shape index (κ1) is 23.2. The Bertz CT molecular complexity index is 1580. The summed E-state index contributed by atoms with van der Waals surface area (Å²) in [6.07, 6.45) is 5.04. The van der Waals surface area contributed by atoms with Crippen molar-refractivity contribution in [2.75, 3.05) is 19.0 Å². The van der Waals surface area contributed by atoms with Gasteiger partial charge < -0.3 is 19.2 Å². The van der Waals surface area contributed by atoms with Gasteiger partial charge in [-0.3, -0.25) is 9.78 Å². The first-order chi connectivity index (χ1) is 17.6. The van der Waals surface area contributed by atoms with Crippen LogP contribution in [0.3, 0.4) is 0 Å². The first-order valence-electron chi connectivity index (χ1n) is 11.7. The zero-order valence-corrected chi connectivity index (χ0v) is 20.4. The number of nitrogens with zero attached hydrogens (tertiary/aromatic N) is 1. The number of para-hydroxylation sites is 1. The molecule has 0 atom stereocenters. The number of methoxy groups -OCH3 is 1. The highest BCUT2D eigenvalue weighted by molar-refractivity contribution is 6.08. The lowest BCUT2D eigenvalue weighted by Crippen LogP contribution is -2.09. The largest absolute Gasteiger partial charge is 0.497 e. The van der Waals surface area contributed by atoms with E-state index in [-0.39, 0.29) is 5.91 Å². The minimum absolute atomic E-state index is 0.240. The molecule has 0 bridgehead atoms. The minimum Gasteiger partial charge on any atom is -0.497 e. The van der Waals surface area contributed by atoms with Crippen molar-refractivity contribution in [1.29, 1.82) is 0 Å². The average Bonchev–Trinajstić information content (AvgIpc) is 3.31. The number of furan rings is 1. The van der Waals surface area contributed by atoms with Crippen LogP contribution < -0.4 is 14.8 Å². The minimum atomic E-state index is -0.240. The maximum absolute atomic E-state index is 13.0. The van der Waals surface area contributed by atoms with Gasteiger partial charge in [0, 0.05) is 40.2 Å². The third-order valence-corrected chi connectivity index (χ3v) is 6.04. The molecule has 0 saturated carbocycles.